The third-order valence-corrected chi connectivity index (χ3v) is 3.10. The van der Waals surface area contributed by atoms with Crippen molar-refractivity contribution in [3.05, 3.63) is 0 Å². The lowest BCUT2D eigenvalue weighted by Crippen LogP contribution is -2.32. The third kappa shape index (κ3) is 12.1. The van der Waals surface area contributed by atoms with Crippen molar-refractivity contribution in [1.82, 2.24) is 5.32 Å². The molecule has 0 fully saturated rings. The maximum Gasteiger partial charge on any atom is 0.408 e. The van der Waals surface area contributed by atoms with Gasteiger partial charge in [-0.1, -0.05) is 0 Å². The van der Waals surface area contributed by atoms with Crippen LogP contribution in [0.5, 0.6) is 0 Å². The normalized spacial score (nSPS) is 14.2. The van der Waals surface area contributed by atoms with E-state index >= 15 is 0 Å². The molecule has 0 aromatic heterocycles. The smallest absolute Gasteiger partial charge is 0.408 e. The molecule has 0 aliphatic carbocycles. The molecule has 2 N–H and O–H groups in total. The van der Waals surface area contributed by atoms with E-state index in [0.717, 1.165) is 0 Å². The Balaban J connectivity index is 3.71. The van der Waals surface area contributed by atoms with Crippen LogP contribution in [0.4, 0.5) is 4.79 Å². The summed E-state index contributed by atoms with van der Waals surface area (Å²) in [6, 6.07) is 0. The van der Waals surface area contributed by atoms with Gasteiger partial charge in [0.1, 0.15) is 5.60 Å². The molecule has 0 heterocycles. The molecule has 5 nitrogen and oxygen atoms in total. The number of nitrogens with one attached hydrogen (secondary N) is 1. The van der Waals surface area contributed by atoms with Gasteiger partial charge in [0.25, 0.3) is 0 Å². The molecule has 1 unspecified atom stereocenters. The summed E-state index contributed by atoms with van der Waals surface area (Å²) in [6.45, 7) is 11.4. The van der Waals surface area contributed by atoms with Crippen molar-refractivity contribution in [3.8, 4) is 0 Å². The van der Waals surface area contributed by atoms with Gasteiger partial charge >= 0.3 is 6.09 Å². The molecule has 1 atom stereocenters. The van der Waals surface area contributed by atoms with Crippen LogP contribution < -0.4 is 5.32 Å². The first-order valence-corrected chi connectivity index (χ1v) is 7.92. The van der Waals surface area contributed by atoms with E-state index in [1.54, 1.807) is 13.8 Å². The molecule has 0 spiro atoms. The molecule has 0 aliphatic heterocycles. The van der Waals surface area contributed by atoms with E-state index in [-0.39, 0.29) is 0 Å². The molecule has 0 aliphatic rings. The maximum absolute atomic E-state index is 11.4. The summed E-state index contributed by atoms with van der Waals surface area (Å²) >= 11 is 0. The number of alkyl carbamates (subject to hydrolysis) is 1. The van der Waals surface area contributed by atoms with E-state index in [0.29, 0.717) is 19.3 Å². The van der Waals surface area contributed by atoms with Crippen molar-refractivity contribution in [2.45, 2.75) is 52.2 Å². The van der Waals surface area contributed by atoms with Crippen LogP contribution in [0.1, 0.15) is 41.0 Å². The van der Waals surface area contributed by atoms with Crippen LogP contribution in [-0.4, -0.2) is 42.0 Å². The van der Waals surface area contributed by atoms with Crippen molar-refractivity contribution in [1.29, 1.82) is 0 Å². The van der Waals surface area contributed by atoms with Gasteiger partial charge in [-0.2, -0.15) is 0 Å². The molecule has 0 saturated heterocycles. The number of hydrogen-bond acceptors (Lipinski definition) is 4. The number of ether oxygens (including phenoxy) is 1. The number of carbonyl (C=O) groups excluding carboxylic acids is 1. The fourth-order valence-electron chi connectivity index (χ4n) is 0.987. The first-order chi connectivity index (χ1) is 7.99. The van der Waals surface area contributed by atoms with Crippen LogP contribution in [0, 0.1) is 0 Å². The molecule has 18 heavy (non-hydrogen) atoms. The molecular weight excluding hydrogens is 253 g/mol. The highest BCUT2D eigenvalue weighted by Crippen LogP contribution is 2.30. The molecule has 6 heteroatoms. The topological polar surface area (TPSA) is 67.8 Å². The zero-order valence-electron chi connectivity index (χ0n) is 12.2. The molecule has 0 aromatic carbocycles. The zero-order valence-corrected chi connectivity index (χ0v) is 13.1. The van der Waals surface area contributed by atoms with Gasteiger partial charge in [0, 0.05) is 8.15 Å². The SMILES string of the molecule is CP(CNC(=O)OC(C)(C)C)OCCC(C)(C)O. The molecular formula is C12H26NO4P. The Morgan fingerprint density at radius 2 is 1.83 bits per heavy atom. The summed E-state index contributed by atoms with van der Waals surface area (Å²) < 4.78 is 10.6. The fourth-order valence-corrected chi connectivity index (χ4v) is 1.83. The van der Waals surface area contributed by atoms with E-state index in [1.165, 1.54) is 0 Å². The molecule has 1 amide bonds. The van der Waals surface area contributed by atoms with Gasteiger partial charge < -0.3 is 19.7 Å². The Labute approximate surface area is 111 Å². The Kier molecular flexibility index (Phi) is 7.11. The number of aliphatic hydroxyl groups is 1. The molecule has 108 valence electrons. The molecule has 0 aromatic rings. The second-order valence-corrected chi connectivity index (χ2v) is 7.69. The summed E-state index contributed by atoms with van der Waals surface area (Å²) in [5, 5.41) is 12.2. The minimum absolute atomic E-state index is 0.428. The second-order valence-electron chi connectivity index (χ2n) is 5.86. The molecule has 0 saturated carbocycles. The highest BCUT2D eigenvalue weighted by Gasteiger charge is 2.17. The van der Waals surface area contributed by atoms with E-state index < -0.39 is 25.4 Å². The fraction of sp³-hybridized carbons (Fsp3) is 0.917. The van der Waals surface area contributed by atoms with Crippen LogP contribution in [0.15, 0.2) is 0 Å². The minimum atomic E-state index is -0.731. The summed E-state index contributed by atoms with van der Waals surface area (Å²) in [5.41, 5.74) is -1.20. The van der Waals surface area contributed by atoms with E-state index in [4.69, 9.17) is 9.26 Å². The molecule has 0 rings (SSSR count). The average Bonchev–Trinajstić information content (AvgIpc) is 2.09. The number of carbonyl (C=O) groups is 1. The summed E-state index contributed by atoms with van der Waals surface area (Å²) in [7, 11) is -0.731. The van der Waals surface area contributed by atoms with Crippen LogP contribution in [0.2, 0.25) is 0 Å². The van der Waals surface area contributed by atoms with Crippen LogP contribution in [0.3, 0.4) is 0 Å². The standard InChI is InChI=1S/C12H26NO4P/c1-11(2,3)17-10(14)13-9-18(6)16-8-7-12(4,5)15/h15H,7-9H2,1-6H3,(H,13,14). The molecule has 0 bridgehead atoms. The zero-order chi connectivity index (χ0) is 14.4. The van der Waals surface area contributed by atoms with E-state index in [9.17, 15) is 9.90 Å². The maximum atomic E-state index is 11.4. The lowest BCUT2D eigenvalue weighted by Gasteiger charge is -2.21. The average molecular weight is 279 g/mol. The van der Waals surface area contributed by atoms with E-state index in [2.05, 4.69) is 5.32 Å². The van der Waals surface area contributed by atoms with Gasteiger partial charge in [-0.25, -0.2) is 4.79 Å². The predicted molar refractivity (Wildman–Crippen MR) is 73.9 cm³/mol. The van der Waals surface area contributed by atoms with Crippen molar-refractivity contribution >= 4 is 14.2 Å². The highest BCUT2D eigenvalue weighted by atomic mass is 31.1. The number of hydrogen-bond donors (Lipinski definition) is 2. The lowest BCUT2D eigenvalue weighted by atomic mass is 10.1. The number of amides is 1. The first kappa shape index (κ1) is 17.6. The quantitative estimate of drug-likeness (QED) is 0.733. The Hall–Kier alpha value is -0.380. The largest absolute Gasteiger partial charge is 0.444 e. The lowest BCUT2D eigenvalue weighted by molar-refractivity contribution is 0.0522. The van der Waals surface area contributed by atoms with Gasteiger partial charge in [0.15, 0.2) is 0 Å². The second kappa shape index (κ2) is 7.27. The van der Waals surface area contributed by atoms with Gasteiger partial charge in [0.2, 0.25) is 0 Å². The predicted octanol–water partition coefficient (Wildman–Crippen LogP) is 2.67. The van der Waals surface area contributed by atoms with Crippen molar-refractivity contribution in [3.63, 3.8) is 0 Å². The Morgan fingerprint density at radius 3 is 2.28 bits per heavy atom. The third-order valence-electron chi connectivity index (χ3n) is 1.87. The first-order valence-electron chi connectivity index (χ1n) is 6.03. The van der Waals surface area contributed by atoms with Crippen molar-refractivity contribution in [2.24, 2.45) is 0 Å². The summed E-state index contributed by atoms with van der Waals surface area (Å²) in [5.74, 6) is 0. The minimum Gasteiger partial charge on any atom is -0.444 e. The molecule has 0 radical (unpaired) electrons. The van der Waals surface area contributed by atoms with Crippen molar-refractivity contribution in [2.75, 3.05) is 19.6 Å². The Bertz CT molecular complexity index is 258. The van der Waals surface area contributed by atoms with Gasteiger partial charge in [-0.3, -0.25) is 0 Å². The summed E-state index contributed by atoms with van der Waals surface area (Å²) in [4.78, 5) is 11.4. The van der Waals surface area contributed by atoms with Crippen molar-refractivity contribution < 1.29 is 19.2 Å². The van der Waals surface area contributed by atoms with Gasteiger partial charge in [0.05, 0.1) is 18.5 Å². The van der Waals surface area contributed by atoms with Crippen LogP contribution in [-0.2, 0) is 9.26 Å². The van der Waals surface area contributed by atoms with Gasteiger partial charge in [-0.15, -0.1) is 0 Å². The van der Waals surface area contributed by atoms with Crippen LogP contribution >= 0.6 is 8.15 Å². The van der Waals surface area contributed by atoms with E-state index in [1.807, 2.05) is 27.4 Å². The Morgan fingerprint density at radius 1 is 1.28 bits per heavy atom. The summed E-state index contributed by atoms with van der Waals surface area (Å²) in [6.07, 6.45) is 0.602. The monoisotopic (exact) mass is 279 g/mol. The van der Waals surface area contributed by atoms with Gasteiger partial charge in [-0.05, 0) is 47.7 Å². The number of rotatable bonds is 6. The van der Waals surface area contributed by atoms with Crippen LogP contribution in [0.25, 0.3) is 0 Å². The highest BCUT2D eigenvalue weighted by molar-refractivity contribution is 7.51.